The van der Waals surface area contributed by atoms with E-state index in [-0.39, 0.29) is 24.3 Å². The van der Waals surface area contributed by atoms with Gasteiger partial charge in [-0.1, -0.05) is 36.4 Å². The molecule has 0 unspecified atom stereocenters. The van der Waals surface area contributed by atoms with Crippen molar-refractivity contribution in [3.05, 3.63) is 54.6 Å². The van der Waals surface area contributed by atoms with Crippen molar-refractivity contribution in [2.24, 2.45) is 5.92 Å². The Labute approximate surface area is 155 Å². The molecule has 8 heteroatoms. The molecular weight excluding hydrogens is 344 g/mol. The van der Waals surface area contributed by atoms with E-state index in [9.17, 15) is 9.59 Å². The molecule has 136 valence electrons. The highest BCUT2D eigenvalue weighted by Crippen LogP contribution is 2.30. The van der Waals surface area contributed by atoms with Crippen LogP contribution in [0.4, 0.5) is 11.4 Å². The number of anilines is 2. The van der Waals surface area contributed by atoms with Crippen molar-refractivity contribution in [3.8, 4) is 11.4 Å². The molecule has 1 aliphatic carbocycles. The number of rotatable bonds is 6. The van der Waals surface area contributed by atoms with Gasteiger partial charge >= 0.3 is 0 Å². The van der Waals surface area contributed by atoms with Crippen LogP contribution in [-0.4, -0.2) is 32.0 Å². The largest absolute Gasteiger partial charge is 0.326 e. The topological polar surface area (TPSA) is 102 Å². The monoisotopic (exact) mass is 362 g/mol. The summed E-state index contributed by atoms with van der Waals surface area (Å²) in [6.07, 6.45) is 1.89. The molecular formula is C19H18N6O2. The number of hydrogen-bond donors (Lipinski definition) is 2. The summed E-state index contributed by atoms with van der Waals surface area (Å²) >= 11 is 0. The second kappa shape index (κ2) is 7.36. The number of hydrogen-bond acceptors (Lipinski definition) is 5. The van der Waals surface area contributed by atoms with Crippen molar-refractivity contribution in [1.29, 1.82) is 0 Å². The fraction of sp³-hybridized carbons (Fsp3) is 0.211. The van der Waals surface area contributed by atoms with Gasteiger partial charge in [0, 0.05) is 22.9 Å². The molecule has 2 aromatic carbocycles. The van der Waals surface area contributed by atoms with E-state index in [2.05, 4.69) is 26.0 Å². The number of amides is 2. The first kappa shape index (κ1) is 16.9. The number of nitrogens with zero attached hydrogens (tertiary/aromatic N) is 4. The minimum atomic E-state index is -0.280. The van der Waals surface area contributed by atoms with Crippen molar-refractivity contribution in [1.82, 2.24) is 20.2 Å². The molecule has 1 fully saturated rings. The maximum Gasteiger partial charge on any atom is 0.248 e. The smallest absolute Gasteiger partial charge is 0.248 e. The molecule has 2 N–H and O–H groups in total. The molecule has 0 radical (unpaired) electrons. The maximum atomic E-state index is 12.3. The highest BCUT2D eigenvalue weighted by Gasteiger charge is 2.29. The molecule has 3 aromatic rings. The average Bonchev–Trinajstić information content (AvgIpc) is 3.42. The Morgan fingerprint density at radius 3 is 2.48 bits per heavy atom. The fourth-order valence-electron chi connectivity index (χ4n) is 2.61. The second-order valence-electron chi connectivity index (χ2n) is 6.40. The minimum absolute atomic E-state index is 0.0266. The van der Waals surface area contributed by atoms with Crippen LogP contribution >= 0.6 is 0 Å². The normalized spacial score (nSPS) is 13.2. The van der Waals surface area contributed by atoms with E-state index in [0.29, 0.717) is 17.2 Å². The predicted octanol–water partition coefficient (Wildman–Crippen LogP) is 2.33. The summed E-state index contributed by atoms with van der Waals surface area (Å²) in [5.41, 5.74) is 2.09. The molecule has 0 atom stereocenters. The lowest BCUT2D eigenvalue weighted by molar-refractivity contribution is -0.118. The quantitative estimate of drug-likeness (QED) is 0.701. The van der Waals surface area contributed by atoms with E-state index in [0.717, 1.165) is 18.4 Å². The molecule has 27 heavy (non-hydrogen) atoms. The van der Waals surface area contributed by atoms with Gasteiger partial charge in [0.2, 0.25) is 17.6 Å². The van der Waals surface area contributed by atoms with Gasteiger partial charge in [-0.05, 0) is 36.3 Å². The highest BCUT2D eigenvalue weighted by molar-refractivity contribution is 5.95. The van der Waals surface area contributed by atoms with Crippen LogP contribution in [0.5, 0.6) is 0 Å². The van der Waals surface area contributed by atoms with Gasteiger partial charge in [0.05, 0.1) is 0 Å². The minimum Gasteiger partial charge on any atom is -0.326 e. The van der Waals surface area contributed by atoms with Gasteiger partial charge in [0.1, 0.15) is 6.54 Å². The number of tetrazole rings is 1. The van der Waals surface area contributed by atoms with Crippen LogP contribution in [0.1, 0.15) is 12.8 Å². The number of benzene rings is 2. The third kappa shape index (κ3) is 4.35. The molecule has 0 aliphatic heterocycles. The van der Waals surface area contributed by atoms with E-state index in [1.54, 1.807) is 24.3 Å². The first-order chi connectivity index (χ1) is 13.2. The van der Waals surface area contributed by atoms with E-state index in [1.807, 2.05) is 30.3 Å². The SMILES string of the molecule is O=C(Cn1nnc(-c2ccccc2)n1)Nc1cccc(NC(=O)C2CC2)c1. The molecule has 2 amide bonds. The Morgan fingerprint density at radius 1 is 1.00 bits per heavy atom. The lowest BCUT2D eigenvalue weighted by Crippen LogP contribution is -2.20. The summed E-state index contributed by atoms with van der Waals surface area (Å²) in [5, 5.41) is 17.7. The lowest BCUT2D eigenvalue weighted by atomic mass is 10.2. The number of carbonyl (C=O) groups excluding carboxylic acids is 2. The van der Waals surface area contributed by atoms with Crippen molar-refractivity contribution in [2.45, 2.75) is 19.4 Å². The predicted molar refractivity (Wildman–Crippen MR) is 99.7 cm³/mol. The number of aromatic nitrogens is 4. The standard InChI is InChI=1S/C19H18N6O2/c26-17(12-25-23-18(22-24-25)13-5-2-1-3-6-13)20-15-7-4-8-16(11-15)21-19(27)14-9-10-14/h1-8,11,14H,9-10,12H2,(H,20,26)(H,21,27). The van der Waals surface area contributed by atoms with E-state index in [4.69, 9.17) is 0 Å². The van der Waals surface area contributed by atoms with Crippen LogP contribution in [0.3, 0.4) is 0 Å². The molecule has 0 saturated heterocycles. The summed E-state index contributed by atoms with van der Waals surface area (Å²) in [6, 6.07) is 16.5. The Hall–Kier alpha value is -3.55. The molecule has 0 bridgehead atoms. The first-order valence-electron chi connectivity index (χ1n) is 8.71. The molecule has 1 aliphatic rings. The van der Waals surface area contributed by atoms with Crippen LogP contribution < -0.4 is 10.6 Å². The third-order valence-electron chi connectivity index (χ3n) is 4.13. The summed E-state index contributed by atoms with van der Waals surface area (Å²) in [5.74, 6) is 0.338. The third-order valence-corrected chi connectivity index (χ3v) is 4.13. The fourth-order valence-corrected chi connectivity index (χ4v) is 2.61. The number of nitrogens with one attached hydrogen (secondary N) is 2. The van der Waals surface area contributed by atoms with E-state index >= 15 is 0 Å². The van der Waals surface area contributed by atoms with Gasteiger partial charge < -0.3 is 10.6 Å². The van der Waals surface area contributed by atoms with E-state index in [1.165, 1.54) is 4.80 Å². The lowest BCUT2D eigenvalue weighted by Gasteiger charge is -2.08. The summed E-state index contributed by atoms with van der Waals surface area (Å²) < 4.78 is 0. The van der Waals surface area contributed by atoms with Gasteiger partial charge in [0.15, 0.2) is 0 Å². The zero-order valence-corrected chi connectivity index (χ0v) is 14.5. The van der Waals surface area contributed by atoms with Crippen LogP contribution in [0.15, 0.2) is 54.6 Å². The average molecular weight is 362 g/mol. The van der Waals surface area contributed by atoms with Crippen LogP contribution in [0.25, 0.3) is 11.4 Å². The first-order valence-corrected chi connectivity index (χ1v) is 8.71. The summed E-state index contributed by atoms with van der Waals surface area (Å²) in [7, 11) is 0. The molecule has 4 rings (SSSR count). The Balaban J connectivity index is 1.37. The summed E-state index contributed by atoms with van der Waals surface area (Å²) in [6.45, 7) is -0.0570. The van der Waals surface area contributed by atoms with Crippen molar-refractivity contribution in [2.75, 3.05) is 10.6 Å². The maximum absolute atomic E-state index is 12.3. The van der Waals surface area contributed by atoms with Crippen molar-refractivity contribution < 1.29 is 9.59 Å². The Kier molecular flexibility index (Phi) is 4.61. The second-order valence-corrected chi connectivity index (χ2v) is 6.40. The molecule has 1 saturated carbocycles. The zero-order chi connectivity index (χ0) is 18.6. The summed E-state index contributed by atoms with van der Waals surface area (Å²) in [4.78, 5) is 25.3. The highest BCUT2D eigenvalue weighted by atomic mass is 16.2. The number of carbonyl (C=O) groups is 2. The molecule has 8 nitrogen and oxygen atoms in total. The van der Waals surface area contributed by atoms with Crippen LogP contribution in [-0.2, 0) is 16.1 Å². The van der Waals surface area contributed by atoms with Gasteiger partial charge in [0.25, 0.3) is 0 Å². The molecule has 1 heterocycles. The van der Waals surface area contributed by atoms with Gasteiger partial charge in [-0.25, -0.2) is 0 Å². The Bertz CT molecular complexity index is 965. The van der Waals surface area contributed by atoms with Crippen molar-refractivity contribution >= 4 is 23.2 Å². The van der Waals surface area contributed by atoms with Crippen LogP contribution in [0, 0.1) is 5.92 Å². The zero-order valence-electron chi connectivity index (χ0n) is 14.5. The van der Waals surface area contributed by atoms with Crippen molar-refractivity contribution in [3.63, 3.8) is 0 Å². The Morgan fingerprint density at radius 2 is 1.74 bits per heavy atom. The van der Waals surface area contributed by atoms with Gasteiger partial charge in [-0.3, -0.25) is 9.59 Å². The van der Waals surface area contributed by atoms with E-state index < -0.39 is 0 Å². The van der Waals surface area contributed by atoms with Crippen LogP contribution in [0.2, 0.25) is 0 Å². The van der Waals surface area contributed by atoms with Gasteiger partial charge in [-0.15, -0.1) is 10.2 Å². The van der Waals surface area contributed by atoms with Gasteiger partial charge in [-0.2, -0.15) is 4.80 Å². The molecule has 0 spiro atoms. The molecule has 1 aromatic heterocycles.